The fraction of sp³-hybridized carbons (Fsp3) is 0.900. The first-order chi connectivity index (χ1) is 6.77. The number of aliphatic carboxylic acids is 1. The van der Waals surface area contributed by atoms with Crippen molar-refractivity contribution in [3.63, 3.8) is 0 Å². The van der Waals surface area contributed by atoms with Crippen molar-refractivity contribution in [1.82, 2.24) is 0 Å². The van der Waals surface area contributed by atoms with Crippen LogP contribution in [0.1, 0.15) is 19.3 Å². The lowest BCUT2D eigenvalue weighted by Crippen LogP contribution is -2.43. The van der Waals surface area contributed by atoms with Crippen molar-refractivity contribution in [2.24, 2.45) is 11.8 Å². The van der Waals surface area contributed by atoms with Crippen molar-refractivity contribution < 1.29 is 19.4 Å². The second kappa shape index (κ2) is 4.28. The minimum Gasteiger partial charge on any atom is -0.481 e. The van der Waals surface area contributed by atoms with E-state index in [0.29, 0.717) is 19.1 Å². The average molecular weight is 200 g/mol. The number of fused-ring (bicyclic) bond motifs is 1. The number of carboxylic acids is 1. The molecule has 2 aliphatic rings. The van der Waals surface area contributed by atoms with Crippen LogP contribution < -0.4 is 0 Å². The Morgan fingerprint density at radius 3 is 3.00 bits per heavy atom. The number of ether oxygens (including phenoxy) is 2. The van der Waals surface area contributed by atoms with Crippen LogP contribution in [0.15, 0.2) is 0 Å². The molecule has 0 aromatic carbocycles. The molecule has 2 rings (SSSR count). The third-order valence-electron chi connectivity index (χ3n) is 3.20. The fourth-order valence-corrected chi connectivity index (χ4v) is 2.45. The summed E-state index contributed by atoms with van der Waals surface area (Å²) in [6, 6.07) is 0. The molecule has 4 heteroatoms. The molecule has 3 atom stereocenters. The molecule has 80 valence electrons. The van der Waals surface area contributed by atoms with Gasteiger partial charge in [0, 0.05) is 25.6 Å². The Balaban J connectivity index is 1.97. The van der Waals surface area contributed by atoms with E-state index >= 15 is 0 Å². The summed E-state index contributed by atoms with van der Waals surface area (Å²) in [6.07, 6.45) is 2.27. The molecule has 2 aliphatic heterocycles. The van der Waals surface area contributed by atoms with Gasteiger partial charge in [0.1, 0.15) is 0 Å². The van der Waals surface area contributed by atoms with E-state index < -0.39 is 5.97 Å². The second-order valence-electron chi connectivity index (χ2n) is 4.08. The smallest absolute Gasteiger partial charge is 0.303 e. The SMILES string of the molecule is O=C(O)CC1CCOC2CCOCC12. The molecule has 0 spiro atoms. The zero-order valence-corrected chi connectivity index (χ0v) is 8.15. The molecule has 0 aromatic rings. The van der Waals surface area contributed by atoms with E-state index in [1.54, 1.807) is 0 Å². The van der Waals surface area contributed by atoms with Crippen LogP contribution >= 0.6 is 0 Å². The highest BCUT2D eigenvalue weighted by Crippen LogP contribution is 2.33. The number of carbonyl (C=O) groups is 1. The predicted octanol–water partition coefficient (Wildman–Crippen LogP) is 0.903. The van der Waals surface area contributed by atoms with Crippen LogP contribution in [-0.2, 0) is 14.3 Å². The molecule has 0 aliphatic carbocycles. The Hall–Kier alpha value is -0.610. The van der Waals surface area contributed by atoms with Crippen LogP contribution in [0.3, 0.4) is 0 Å². The Labute approximate surface area is 83.2 Å². The molecule has 0 bridgehead atoms. The molecular formula is C10H16O4. The monoisotopic (exact) mass is 200 g/mol. The third-order valence-corrected chi connectivity index (χ3v) is 3.20. The molecule has 0 amide bonds. The summed E-state index contributed by atoms with van der Waals surface area (Å²) >= 11 is 0. The molecule has 3 unspecified atom stereocenters. The zero-order chi connectivity index (χ0) is 9.97. The van der Waals surface area contributed by atoms with Gasteiger partial charge in [-0.25, -0.2) is 0 Å². The minimum atomic E-state index is -0.707. The summed E-state index contributed by atoms with van der Waals surface area (Å²) in [5, 5.41) is 8.77. The van der Waals surface area contributed by atoms with Crippen molar-refractivity contribution in [2.75, 3.05) is 19.8 Å². The van der Waals surface area contributed by atoms with Crippen LogP contribution in [0, 0.1) is 11.8 Å². The van der Waals surface area contributed by atoms with E-state index in [2.05, 4.69) is 0 Å². The Kier molecular flexibility index (Phi) is 3.03. The van der Waals surface area contributed by atoms with Gasteiger partial charge in [-0.05, 0) is 18.8 Å². The number of rotatable bonds is 2. The molecule has 2 saturated heterocycles. The topological polar surface area (TPSA) is 55.8 Å². The molecule has 2 fully saturated rings. The quantitative estimate of drug-likeness (QED) is 0.719. The Morgan fingerprint density at radius 2 is 2.21 bits per heavy atom. The Morgan fingerprint density at radius 1 is 1.36 bits per heavy atom. The van der Waals surface area contributed by atoms with Crippen molar-refractivity contribution in [1.29, 1.82) is 0 Å². The van der Waals surface area contributed by atoms with E-state index in [4.69, 9.17) is 14.6 Å². The van der Waals surface area contributed by atoms with Gasteiger partial charge in [-0.15, -0.1) is 0 Å². The zero-order valence-electron chi connectivity index (χ0n) is 8.15. The normalized spacial score (nSPS) is 37.6. The van der Waals surface area contributed by atoms with Gasteiger partial charge in [-0.1, -0.05) is 0 Å². The highest BCUT2D eigenvalue weighted by molar-refractivity contribution is 5.67. The molecule has 0 aromatic heterocycles. The van der Waals surface area contributed by atoms with Gasteiger partial charge >= 0.3 is 5.97 Å². The van der Waals surface area contributed by atoms with Crippen LogP contribution in [0.25, 0.3) is 0 Å². The Bertz CT molecular complexity index is 214. The van der Waals surface area contributed by atoms with Gasteiger partial charge in [0.05, 0.1) is 12.7 Å². The van der Waals surface area contributed by atoms with Crippen LogP contribution in [0.5, 0.6) is 0 Å². The van der Waals surface area contributed by atoms with Gasteiger partial charge < -0.3 is 14.6 Å². The van der Waals surface area contributed by atoms with Crippen molar-refractivity contribution in [3.8, 4) is 0 Å². The van der Waals surface area contributed by atoms with E-state index in [0.717, 1.165) is 19.4 Å². The minimum absolute atomic E-state index is 0.238. The number of hydrogen-bond donors (Lipinski definition) is 1. The van der Waals surface area contributed by atoms with Gasteiger partial charge in [0.2, 0.25) is 0 Å². The molecule has 14 heavy (non-hydrogen) atoms. The lowest BCUT2D eigenvalue weighted by atomic mass is 9.80. The standard InChI is InChI=1S/C10H16O4/c11-10(12)5-7-1-4-14-9-2-3-13-6-8(7)9/h7-9H,1-6H2,(H,11,12). The van der Waals surface area contributed by atoms with Crippen molar-refractivity contribution in [3.05, 3.63) is 0 Å². The maximum atomic E-state index is 10.7. The summed E-state index contributed by atoms with van der Waals surface area (Å²) in [5.74, 6) is -0.165. The van der Waals surface area contributed by atoms with E-state index in [9.17, 15) is 4.79 Å². The summed E-state index contributed by atoms with van der Waals surface area (Å²) in [5.41, 5.74) is 0. The number of hydrogen-bond acceptors (Lipinski definition) is 3. The lowest BCUT2D eigenvalue weighted by molar-refractivity contribution is -0.148. The summed E-state index contributed by atoms with van der Waals surface area (Å²) < 4.78 is 11.0. The van der Waals surface area contributed by atoms with Crippen molar-refractivity contribution >= 4 is 5.97 Å². The first kappa shape index (κ1) is 9.93. The largest absolute Gasteiger partial charge is 0.481 e. The van der Waals surface area contributed by atoms with Crippen molar-refractivity contribution in [2.45, 2.75) is 25.4 Å². The van der Waals surface area contributed by atoms with Crippen LogP contribution in [0.2, 0.25) is 0 Å². The summed E-state index contributed by atoms with van der Waals surface area (Å²) in [4.78, 5) is 10.7. The predicted molar refractivity (Wildman–Crippen MR) is 49.0 cm³/mol. The maximum absolute atomic E-state index is 10.7. The summed E-state index contributed by atoms with van der Waals surface area (Å²) in [6.45, 7) is 2.13. The molecule has 1 N–H and O–H groups in total. The molecule has 2 heterocycles. The van der Waals surface area contributed by atoms with E-state index in [-0.39, 0.29) is 18.4 Å². The van der Waals surface area contributed by atoms with Crippen LogP contribution in [-0.4, -0.2) is 37.0 Å². The van der Waals surface area contributed by atoms with Gasteiger partial charge in [0.25, 0.3) is 0 Å². The maximum Gasteiger partial charge on any atom is 0.303 e. The fourth-order valence-electron chi connectivity index (χ4n) is 2.45. The molecule has 0 saturated carbocycles. The first-order valence-electron chi connectivity index (χ1n) is 5.18. The lowest BCUT2D eigenvalue weighted by Gasteiger charge is -2.40. The highest BCUT2D eigenvalue weighted by atomic mass is 16.5. The third kappa shape index (κ3) is 2.07. The summed E-state index contributed by atoms with van der Waals surface area (Å²) in [7, 11) is 0. The van der Waals surface area contributed by atoms with Gasteiger partial charge in [0.15, 0.2) is 0 Å². The first-order valence-corrected chi connectivity index (χ1v) is 5.18. The average Bonchev–Trinajstić information content (AvgIpc) is 2.18. The second-order valence-corrected chi connectivity index (χ2v) is 4.08. The van der Waals surface area contributed by atoms with Gasteiger partial charge in [-0.2, -0.15) is 0 Å². The molecule has 4 nitrogen and oxygen atoms in total. The molecule has 0 radical (unpaired) electrons. The van der Waals surface area contributed by atoms with E-state index in [1.165, 1.54) is 0 Å². The van der Waals surface area contributed by atoms with Gasteiger partial charge in [-0.3, -0.25) is 4.79 Å². The molecular weight excluding hydrogens is 184 g/mol. The number of carboxylic acid groups (broad SMARTS) is 1. The van der Waals surface area contributed by atoms with E-state index in [1.807, 2.05) is 0 Å². The highest BCUT2D eigenvalue weighted by Gasteiger charge is 2.37. The van der Waals surface area contributed by atoms with Crippen LogP contribution in [0.4, 0.5) is 0 Å².